The summed E-state index contributed by atoms with van der Waals surface area (Å²) >= 11 is 2.17. The zero-order chi connectivity index (χ0) is 28.3. The summed E-state index contributed by atoms with van der Waals surface area (Å²) in [5, 5.41) is 23.4. The zero-order valence-corrected chi connectivity index (χ0v) is 22.4. The summed E-state index contributed by atoms with van der Waals surface area (Å²) in [7, 11) is 1.81. The molecule has 4 rings (SSSR count). The van der Waals surface area contributed by atoms with Crippen LogP contribution in [-0.4, -0.2) is 38.8 Å². The Balaban J connectivity index is 1.37. The summed E-state index contributed by atoms with van der Waals surface area (Å²) in [4.78, 5) is 26.1. The molecule has 0 fully saturated rings. The lowest BCUT2D eigenvalue weighted by Gasteiger charge is -2.09. The number of thiophene rings is 2. The van der Waals surface area contributed by atoms with E-state index in [2.05, 4.69) is 25.7 Å². The SMILES string of the molecule is CC(=NNC(=O)c1ccc(C(=O)NCc2cc(C)n(C)n2)s1)c1csc(-c2ccc(OC(F)(F)F)cc2)c1O. The number of nitrogens with one attached hydrogen (secondary N) is 2. The molecule has 39 heavy (non-hydrogen) atoms. The van der Waals surface area contributed by atoms with Gasteiger partial charge in [0, 0.05) is 18.1 Å². The molecule has 0 atom stereocenters. The van der Waals surface area contributed by atoms with Crippen LogP contribution in [0.1, 0.15) is 43.2 Å². The molecule has 9 nitrogen and oxygen atoms in total. The normalized spacial score (nSPS) is 11.9. The lowest BCUT2D eigenvalue weighted by atomic mass is 10.1. The van der Waals surface area contributed by atoms with E-state index in [9.17, 15) is 27.9 Å². The third-order valence-corrected chi connectivity index (χ3v) is 7.58. The van der Waals surface area contributed by atoms with Gasteiger partial charge in [-0.2, -0.15) is 10.2 Å². The van der Waals surface area contributed by atoms with Crippen LogP contribution in [0.4, 0.5) is 13.2 Å². The van der Waals surface area contributed by atoms with Crippen molar-refractivity contribution in [1.82, 2.24) is 20.5 Å². The number of halogens is 3. The highest BCUT2D eigenvalue weighted by Crippen LogP contribution is 2.39. The van der Waals surface area contributed by atoms with Gasteiger partial charge in [-0.15, -0.1) is 35.8 Å². The molecule has 0 unspecified atom stereocenters. The maximum absolute atomic E-state index is 12.6. The number of aromatic hydroxyl groups is 1. The van der Waals surface area contributed by atoms with Crippen molar-refractivity contribution >= 4 is 40.2 Å². The third-order valence-electron chi connectivity index (χ3n) is 5.48. The van der Waals surface area contributed by atoms with E-state index in [1.54, 1.807) is 17.0 Å². The average molecular weight is 578 g/mol. The van der Waals surface area contributed by atoms with Gasteiger partial charge >= 0.3 is 6.36 Å². The Bertz CT molecular complexity index is 1520. The van der Waals surface area contributed by atoms with Crippen molar-refractivity contribution in [2.75, 3.05) is 0 Å². The largest absolute Gasteiger partial charge is 0.573 e. The van der Waals surface area contributed by atoms with Crippen LogP contribution >= 0.6 is 22.7 Å². The molecule has 0 spiro atoms. The number of nitrogens with zero attached hydrogens (tertiary/aromatic N) is 3. The van der Waals surface area contributed by atoms with Gasteiger partial charge in [0.05, 0.1) is 38.1 Å². The quantitative estimate of drug-likeness (QED) is 0.196. The fourth-order valence-corrected chi connectivity index (χ4v) is 5.26. The standard InChI is InChI=1S/C25H22F3N5O4S2/c1-13-10-16(32-33(13)3)11-29-23(35)19-8-9-20(39-19)24(36)31-30-14(2)18-12-38-22(21(18)34)15-4-6-17(7-5-15)37-25(26,27)28/h4-10,12,34H,11H2,1-3H3,(H,29,35)(H,31,36). The van der Waals surface area contributed by atoms with Crippen molar-refractivity contribution in [3.63, 3.8) is 0 Å². The Labute approximate surface area is 228 Å². The third kappa shape index (κ3) is 6.83. The van der Waals surface area contributed by atoms with Gasteiger partial charge in [0.25, 0.3) is 11.8 Å². The van der Waals surface area contributed by atoms with Crippen LogP contribution in [0.25, 0.3) is 10.4 Å². The summed E-state index contributed by atoms with van der Waals surface area (Å²) < 4.78 is 42.7. The van der Waals surface area contributed by atoms with Gasteiger partial charge in [-0.1, -0.05) is 0 Å². The molecular formula is C25H22F3N5O4S2. The van der Waals surface area contributed by atoms with Gasteiger partial charge in [0.2, 0.25) is 0 Å². The lowest BCUT2D eigenvalue weighted by Crippen LogP contribution is -2.22. The summed E-state index contributed by atoms with van der Waals surface area (Å²) in [6, 6.07) is 10.0. The van der Waals surface area contributed by atoms with E-state index in [-0.39, 0.29) is 28.8 Å². The van der Waals surface area contributed by atoms with Gasteiger partial charge in [0.15, 0.2) is 0 Å². The monoisotopic (exact) mass is 577 g/mol. The average Bonchev–Trinajstić information content (AvgIpc) is 3.60. The van der Waals surface area contributed by atoms with Crippen molar-refractivity contribution in [2.45, 2.75) is 26.8 Å². The van der Waals surface area contributed by atoms with Gasteiger partial charge in [-0.3, -0.25) is 14.3 Å². The van der Waals surface area contributed by atoms with Crippen LogP contribution in [0.5, 0.6) is 11.5 Å². The summed E-state index contributed by atoms with van der Waals surface area (Å²) in [6.07, 6.45) is -4.80. The highest BCUT2D eigenvalue weighted by atomic mass is 32.1. The first kappa shape index (κ1) is 27.9. The van der Waals surface area contributed by atoms with E-state index < -0.39 is 12.3 Å². The van der Waals surface area contributed by atoms with E-state index in [4.69, 9.17) is 0 Å². The van der Waals surface area contributed by atoms with Crippen molar-refractivity contribution in [3.8, 4) is 21.9 Å². The van der Waals surface area contributed by atoms with Crippen molar-refractivity contribution in [3.05, 3.63) is 74.6 Å². The number of benzene rings is 1. The topological polar surface area (TPSA) is 118 Å². The molecule has 0 bridgehead atoms. The number of rotatable bonds is 8. The molecule has 0 aliphatic rings. The molecule has 0 saturated carbocycles. The molecule has 3 aromatic heterocycles. The fourth-order valence-electron chi connectivity index (χ4n) is 3.43. The van der Waals surface area contributed by atoms with Crippen LogP contribution in [0, 0.1) is 6.92 Å². The van der Waals surface area contributed by atoms with Crippen LogP contribution in [-0.2, 0) is 13.6 Å². The van der Waals surface area contributed by atoms with Crippen LogP contribution < -0.4 is 15.5 Å². The maximum Gasteiger partial charge on any atom is 0.573 e. The van der Waals surface area contributed by atoms with E-state index >= 15 is 0 Å². The molecule has 3 heterocycles. The Morgan fingerprint density at radius 1 is 1.13 bits per heavy atom. The summed E-state index contributed by atoms with van der Waals surface area (Å²) in [5.74, 6) is -1.37. The van der Waals surface area contributed by atoms with Crippen LogP contribution in [0.2, 0.25) is 0 Å². The predicted molar refractivity (Wildman–Crippen MR) is 141 cm³/mol. The van der Waals surface area contributed by atoms with E-state index in [1.807, 2.05) is 20.0 Å². The number of carbonyl (C=O) groups excluding carboxylic acids is 2. The molecule has 14 heteroatoms. The Morgan fingerprint density at radius 3 is 2.41 bits per heavy atom. The number of hydrogen-bond acceptors (Lipinski definition) is 8. The molecule has 0 aliphatic carbocycles. The number of carbonyl (C=O) groups is 2. The van der Waals surface area contributed by atoms with Gasteiger partial charge in [-0.25, -0.2) is 5.43 Å². The van der Waals surface area contributed by atoms with E-state index in [0.717, 1.165) is 46.2 Å². The smallest absolute Gasteiger partial charge is 0.506 e. The molecular weight excluding hydrogens is 555 g/mol. The molecule has 3 N–H and O–H groups in total. The summed E-state index contributed by atoms with van der Waals surface area (Å²) in [6.45, 7) is 3.74. The highest BCUT2D eigenvalue weighted by Gasteiger charge is 2.31. The first-order chi connectivity index (χ1) is 18.4. The Morgan fingerprint density at radius 2 is 1.79 bits per heavy atom. The minimum absolute atomic E-state index is 0.127. The second-order valence-electron chi connectivity index (χ2n) is 8.28. The first-order valence-corrected chi connectivity index (χ1v) is 13.0. The van der Waals surface area contributed by atoms with Gasteiger partial charge in [0.1, 0.15) is 11.5 Å². The number of alkyl halides is 3. The number of hydrogen-bond donors (Lipinski definition) is 3. The van der Waals surface area contributed by atoms with E-state index in [0.29, 0.717) is 26.6 Å². The molecule has 0 radical (unpaired) electrons. The second-order valence-corrected chi connectivity index (χ2v) is 10.2. The van der Waals surface area contributed by atoms with Crippen molar-refractivity contribution in [2.24, 2.45) is 12.1 Å². The number of amides is 2. The van der Waals surface area contributed by atoms with Crippen LogP contribution in [0.3, 0.4) is 0 Å². The van der Waals surface area contributed by atoms with E-state index in [1.165, 1.54) is 24.3 Å². The number of ether oxygens (including phenoxy) is 1. The second kappa shape index (κ2) is 11.3. The number of aromatic nitrogens is 2. The predicted octanol–water partition coefficient (Wildman–Crippen LogP) is 5.21. The van der Waals surface area contributed by atoms with Crippen molar-refractivity contribution in [1.29, 1.82) is 0 Å². The lowest BCUT2D eigenvalue weighted by molar-refractivity contribution is -0.274. The number of aryl methyl sites for hydroxylation is 2. The zero-order valence-electron chi connectivity index (χ0n) is 20.8. The minimum Gasteiger partial charge on any atom is -0.506 e. The van der Waals surface area contributed by atoms with Crippen molar-refractivity contribution < 1.29 is 32.6 Å². The molecule has 0 saturated heterocycles. The molecule has 4 aromatic rings. The Kier molecular flexibility index (Phi) is 8.06. The number of hydrazone groups is 1. The van der Waals surface area contributed by atoms with Crippen LogP contribution in [0.15, 0.2) is 52.9 Å². The molecule has 1 aromatic carbocycles. The molecule has 204 valence electrons. The summed E-state index contributed by atoms with van der Waals surface area (Å²) in [5.41, 5.74) is 5.23. The highest BCUT2D eigenvalue weighted by molar-refractivity contribution is 7.16. The van der Waals surface area contributed by atoms with Gasteiger partial charge in [-0.05, 0) is 61.9 Å². The fraction of sp³-hybridized carbons (Fsp3) is 0.200. The Hall–Kier alpha value is -4.17. The minimum atomic E-state index is -4.80. The molecule has 0 aliphatic heterocycles. The molecule has 2 amide bonds. The van der Waals surface area contributed by atoms with Gasteiger partial charge < -0.3 is 15.2 Å². The first-order valence-electron chi connectivity index (χ1n) is 11.3. The maximum atomic E-state index is 12.6.